The van der Waals surface area contributed by atoms with E-state index >= 15 is 0 Å². The Balaban J connectivity index is 4.07. The third-order valence-corrected chi connectivity index (χ3v) is 3.35. The predicted octanol–water partition coefficient (Wildman–Crippen LogP) is 4.09. The summed E-state index contributed by atoms with van der Waals surface area (Å²) in [5, 5.41) is 0. The summed E-state index contributed by atoms with van der Waals surface area (Å²) in [7, 11) is 0. The minimum absolute atomic E-state index is 0.260. The zero-order chi connectivity index (χ0) is 11.4. The molecule has 0 aliphatic heterocycles. The molecule has 86 valence electrons. The topological polar surface area (TPSA) is 9.23 Å². The second kappa shape index (κ2) is 5.97. The molecule has 0 spiro atoms. The van der Waals surface area contributed by atoms with Crippen LogP contribution in [0, 0.1) is 11.3 Å². The van der Waals surface area contributed by atoms with Crippen molar-refractivity contribution in [3.05, 3.63) is 0 Å². The Kier molecular flexibility index (Phi) is 6.08. The summed E-state index contributed by atoms with van der Waals surface area (Å²) in [5.41, 5.74) is 0.260. The van der Waals surface area contributed by atoms with Crippen molar-refractivity contribution in [2.75, 3.05) is 5.88 Å². The van der Waals surface area contributed by atoms with Gasteiger partial charge in [-0.05, 0) is 38.5 Å². The van der Waals surface area contributed by atoms with Gasteiger partial charge in [-0.2, -0.15) is 0 Å². The maximum Gasteiger partial charge on any atom is 0.0555 e. The first kappa shape index (κ1) is 14.2. The average molecular weight is 221 g/mol. The molecule has 0 fully saturated rings. The number of halogens is 1. The zero-order valence-corrected chi connectivity index (χ0v) is 11.2. The standard InChI is InChI=1S/C12H25ClO/c1-9(2)14-11(4)7-12(5,6)10(3)8-13/h9-11H,7-8H2,1-6H3/t10-,11?/m0/s1. The monoisotopic (exact) mass is 220 g/mol. The molecule has 0 aliphatic carbocycles. The summed E-state index contributed by atoms with van der Waals surface area (Å²) in [6, 6.07) is 0. The molecule has 0 bridgehead atoms. The number of alkyl halides is 1. The van der Waals surface area contributed by atoms with E-state index in [1.807, 2.05) is 0 Å². The summed E-state index contributed by atoms with van der Waals surface area (Å²) in [4.78, 5) is 0. The van der Waals surface area contributed by atoms with Crippen LogP contribution >= 0.6 is 11.6 Å². The van der Waals surface area contributed by atoms with Gasteiger partial charge in [0.1, 0.15) is 0 Å². The first-order valence-electron chi connectivity index (χ1n) is 5.51. The smallest absolute Gasteiger partial charge is 0.0555 e. The molecule has 0 rings (SSSR count). The molecular formula is C12H25ClO. The van der Waals surface area contributed by atoms with Gasteiger partial charge in [0.25, 0.3) is 0 Å². The van der Waals surface area contributed by atoms with Gasteiger partial charge in [-0.25, -0.2) is 0 Å². The van der Waals surface area contributed by atoms with Gasteiger partial charge in [-0.15, -0.1) is 11.6 Å². The van der Waals surface area contributed by atoms with Crippen molar-refractivity contribution in [2.45, 2.75) is 60.2 Å². The molecule has 14 heavy (non-hydrogen) atoms. The first-order valence-corrected chi connectivity index (χ1v) is 6.04. The number of hydrogen-bond donors (Lipinski definition) is 0. The fourth-order valence-electron chi connectivity index (χ4n) is 1.66. The van der Waals surface area contributed by atoms with Gasteiger partial charge >= 0.3 is 0 Å². The van der Waals surface area contributed by atoms with Crippen LogP contribution < -0.4 is 0 Å². The lowest BCUT2D eigenvalue weighted by atomic mass is 9.77. The van der Waals surface area contributed by atoms with Crippen LogP contribution in [-0.2, 0) is 4.74 Å². The molecule has 0 saturated carbocycles. The first-order chi connectivity index (χ1) is 6.29. The van der Waals surface area contributed by atoms with Crippen molar-refractivity contribution in [1.82, 2.24) is 0 Å². The Morgan fingerprint density at radius 1 is 1.14 bits per heavy atom. The van der Waals surface area contributed by atoms with E-state index in [4.69, 9.17) is 16.3 Å². The lowest BCUT2D eigenvalue weighted by Crippen LogP contribution is -2.29. The normalized spacial score (nSPS) is 17.1. The lowest BCUT2D eigenvalue weighted by Gasteiger charge is -2.33. The van der Waals surface area contributed by atoms with E-state index in [2.05, 4.69) is 41.5 Å². The van der Waals surface area contributed by atoms with Crippen LogP contribution in [0.4, 0.5) is 0 Å². The van der Waals surface area contributed by atoms with Gasteiger partial charge in [0.2, 0.25) is 0 Å². The van der Waals surface area contributed by atoms with E-state index < -0.39 is 0 Å². The van der Waals surface area contributed by atoms with E-state index in [-0.39, 0.29) is 5.41 Å². The highest BCUT2D eigenvalue weighted by Crippen LogP contribution is 2.33. The molecule has 2 atom stereocenters. The molecule has 0 N–H and O–H groups in total. The van der Waals surface area contributed by atoms with E-state index in [1.54, 1.807) is 0 Å². The highest BCUT2D eigenvalue weighted by atomic mass is 35.5. The van der Waals surface area contributed by atoms with Crippen LogP contribution in [0.1, 0.15) is 48.0 Å². The van der Waals surface area contributed by atoms with Crippen molar-refractivity contribution >= 4 is 11.6 Å². The quantitative estimate of drug-likeness (QED) is 0.613. The second-order valence-electron chi connectivity index (χ2n) is 5.24. The summed E-state index contributed by atoms with van der Waals surface area (Å²) < 4.78 is 5.74. The van der Waals surface area contributed by atoms with E-state index in [9.17, 15) is 0 Å². The van der Waals surface area contributed by atoms with E-state index in [0.29, 0.717) is 18.1 Å². The van der Waals surface area contributed by atoms with E-state index in [1.165, 1.54) is 0 Å². The molecule has 0 radical (unpaired) electrons. The molecule has 0 aromatic rings. The van der Waals surface area contributed by atoms with Gasteiger partial charge in [0.15, 0.2) is 0 Å². The van der Waals surface area contributed by atoms with Crippen LogP contribution in [-0.4, -0.2) is 18.1 Å². The fraction of sp³-hybridized carbons (Fsp3) is 1.00. The van der Waals surface area contributed by atoms with Gasteiger partial charge in [0.05, 0.1) is 12.2 Å². The third-order valence-electron chi connectivity index (χ3n) is 2.88. The molecule has 0 heterocycles. The Hall–Kier alpha value is 0.250. The van der Waals surface area contributed by atoms with Crippen molar-refractivity contribution in [1.29, 1.82) is 0 Å². The highest BCUT2D eigenvalue weighted by molar-refractivity contribution is 6.18. The van der Waals surface area contributed by atoms with Crippen molar-refractivity contribution < 1.29 is 4.74 Å². The summed E-state index contributed by atoms with van der Waals surface area (Å²) in [6.07, 6.45) is 1.70. The molecule has 0 aromatic carbocycles. The van der Waals surface area contributed by atoms with Crippen LogP contribution in [0.2, 0.25) is 0 Å². The molecule has 2 heteroatoms. The lowest BCUT2D eigenvalue weighted by molar-refractivity contribution is -0.0121. The largest absolute Gasteiger partial charge is 0.376 e. The Bertz CT molecular complexity index is 154. The van der Waals surface area contributed by atoms with Crippen LogP contribution in [0.25, 0.3) is 0 Å². The van der Waals surface area contributed by atoms with E-state index in [0.717, 1.165) is 12.3 Å². The molecule has 1 nitrogen and oxygen atoms in total. The zero-order valence-electron chi connectivity index (χ0n) is 10.4. The maximum absolute atomic E-state index is 5.88. The molecule has 0 aromatic heterocycles. The summed E-state index contributed by atoms with van der Waals surface area (Å²) >= 11 is 5.88. The number of ether oxygens (including phenoxy) is 1. The molecule has 0 saturated heterocycles. The molecular weight excluding hydrogens is 196 g/mol. The van der Waals surface area contributed by atoms with Gasteiger partial charge in [-0.3, -0.25) is 0 Å². The van der Waals surface area contributed by atoms with Gasteiger partial charge < -0.3 is 4.74 Å². The van der Waals surface area contributed by atoms with Crippen LogP contribution in [0.3, 0.4) is 0 Å². The molecule has 0 aliphatic rings. The summed E-state index contributed by atoms with van der Waals surface area (Å²) in [5.74, 6) is 1.25. The molecule has 1 unspecified atom stereocenters. The second-order valence-corrected chi connectivity index (χ2v) is 5.55. The van der Waals surface area contributed by atoms with Crippen molar-refractivity contribution in [2.24, 2.45) is 11.3 Å². The summed E-state index contributed by atoms with van der Waals surface area (Å²) in [6.45, 7) is 13.0. The van der Waals surface area contributed by atoms with Crippen LogP contribution in [0.5, 0.6) is 0 Å². The minimum atomic E-state index is 0.260. The molecule has 0 amide bonds. The van der Waals surface area contributed by atoms with Crippen LogP contribution in [0.15, 0.2) is 0 Å². The third kappa shape index (κ3) is 5.21. The highest BCUT2D eigenvalue weighted by Gasteiger charge is 2.27. The van der Waals surface area contributed by atoms with Crippen molar-refractivity contribution in [3.8, 4) is 0 Å². The minimum Gasteiger partial charge on any atom is -0.376 e. The predicted molar refractivity (Wildman–Crippen MR) is 64.0 cm³/mol. The Morgan fingerprint density at radius 2 is 1.64 bits per heavy atom. The van der Waals surface area contributed by atoms with Crippen molar-refractivity contribution in [3.63, 3.8) is 0 Å². The maximum atomic E-state index is 5.88. The van der Waals surface area contributed by atoms with Gasteiger partial charge in [-0.1, -0.05) is 20.8 Å². The van der Waals surface area contributed by atoms with Gasteiger partial charge in [0, 0.05) is 5.88 Å². The number of rotatable bonds is 6. The Morgan fingerprint density at radius 3 is 2.00 bits per heavy atom. The fourth-order valence-corrected chi connectivity index (χ4v) is 2.08. The SMILES string of the molecule is CC(C)OC(C)CC(C)(C)[C@@H](C)CCl. The number of hydrogen-bond acceptors (Lipinski definition) is 1. The Labute approximate surface area is 94.2 Å². The average Bonchev–Trinajstić information content (AvgIpc) is 1.99.